The first-order valence-electron chi connectivity index (χ1n) is 8.24. The predicted octanol–water partition coefficient (Wildman–Crippen LogP) is 5.43. The van der Waals surface area contributed by atoms with Crippen LogP contribution in [-0.4, -0.2) is 6.04 Å². The van der Waals surface area contributed by atoms with Crippen molar-refractivity contribution in [1.29, 1.82) is 0 Å². The van der Waals surface area contributed by atoms with Crippen molar-refractivity contribution in [2.24, 2.45) is 0 Å². The molecule has 2 aromatic carbocycles. The van der Waals surface area contributed by atoms with Gasteiger partial charge in [0.25, 0.3) is 0 Å². The zero-order valence-electron chi connectivity index (χ0n) is 20.6. The van der Waals surface area contributed by atoms with E-state index in [0.29, 0.717) is 23.9 Å². The van der Waals surface area contributed by atoms with Gasteiger partial charge in [0.2, 0.25) is 0 Å². The summed E-state index contributed by atoms with van der Waals surface area (Å²) in [5.74, 6) is 0.825. The molecule has 0 saturated heterocycles. The Kier molecular flexibility index (Phi) is 68.8. The zero-order valence-corrected chi connectivity index (χ0v) is 50.8. The largest absolute Gasteiger partial charge is 0.392 e. The second kappa shape index (κ2) is 35.9. The van der Waals surface area contributed by atoms with E-state index in [1.165, 1.54) is 22.5 Å². The Morgan fingerprint density at radius 3 is 1.88 bits per heavy atom. The average Bonchev–Trinajstić information content (AvgIpc) is 2.77. The van der Waals surface area contributed by atoms with E-state index in [1.54, 1.807) is 0 Å². The first kappa shape index (κ1) is 61.4. The van der Waals surface area contributed by atoms with E-state index in [9.17, 15) is 0 Å². The van der Waals surface area contributed by atoms with E-state index in [4.69, 9.17) is 1.37 Å². The Hall–Kier alpha value is 10.4. The van der Waals surface area contributed by atoms with Crippen LogP contribution in [0.2, 0.25) is 0 Å². The number of para-hydroxylation sites is 1. The van der Waals surface area contributed by atoms with Crippen LogP contribution >= 0.6 is 0 Å². The van der Waals surface area contributed by atoms with Crippen molar-refractivity contribution in [2.45, 2.75) is 45.6 Å². The number of hydrogen-bond acceptors (Lipinski definition) is 1. The third-order valence-corrected chi connectivity index (χ3v) is 4.84. The Morgan fingerprint density at radius 2 is 1.38 bits per heavy atom. The molecule has 11 radical (unpaired) electrons. The van der Waals surface area contributed by atoms with Gasteiger partial charge < -0.3 is 11.3 Å². The summed E-state index contributed by atoms with van der Waals surface area (Å²) in [5.41, 5.74) is 4.96. The van der Waals surface area contributed by atoms with Gasteiger partial charge in [0.15, 0.2) is 0 Å². The summed E-state index contributed by atoms with van der Waals surface area (Å²) in [4.78, 5) is 2.39. The number of fused-ring (bicyclic) bond motifs is 1. The Balaban J connectivity index is -0.0000000748. The van der Waals surface area contributed by atoms with Crippen LogP contribution in [-0.2, 0) is 360 Å². The molecule has 0 aromatic heterocycles. The van der Waals surface area contributed by atoms with Crippen LogP contribution in [0, 0.1) is 12.5 Å². The molecule has 1 heterocycles. The second-order valence-electron chi connectivity index (χ2n) is 5.98. The molecule has 1 aliphatic heterocycles. The molecule has 0 unspecified atom stereocenters. The van der Waals surface area contributed by atoms with Crippen molar-refractivity contribution in [3.8, 4) is 0 Å². The molecule has 3 atom stereocenters. The normalized spacial score (nSPS) is 15.0. The molecule has 0 aliphatic carbocycles. The van der Waals surface area contributed by atoms with Crippen LogP contribution in [0.25, 0.3) is 0 Å². The summed E-state index contributed by atoms with van der Waals surface area (Å²) in [5, 5.41) is 0. The third kappa shape index (κ3) is 18.4. The maximum atomic E-state index is 7.98. The summed E-state index contributed by atoms with van der Waals surface area (Å²) in [6, 6.07) is 16.6. The van der Waals surface area contributed by atoms with Gasteiger partial charge in [-0.1, -0.05) is 37.7 Å². The fraction of sp³-hybridized carbons (Fsp3) is 0.350. The van der Waals surface area contributed by atoms with E-state index in [2.05, 4.69) is 63.3 Å². The minimum Gasteiger partial charge on any atom is -0.392 e. The van der Waals surface area contributed by atoms with Gasteiger partial charge in [-0.3, -0.25) is 0 Å². The van der Waals surface area contributed by atoms with Crippen molar-refractivity contribution in [1.82, 2.24) is 0 Å². The summed E-state index contributed by atoms with van der Waals surface area (Å²) < 4.78 is 7.98. The van der Waals surface area contributed by atoms with E-state index < -0.39 is 0 Å². The van der Waals surface area contributed by atoms with Gasteiger partial charge in [-0.25, -0.2) is 0 Å². The van der Waals surface area contributed by atoms with Gasteiger partial charge in [0, 0.05) is 377 Å². The van der Waals surface area contributed by atoms with Crippen LogP contribution in [0.1, 0.15) is 52.0 Å². The van der Waals surface area contributed by atoms with E-state index in [-0.39, 0.29) is 360 Å². The Bertz CT molecular complexity index is 709. The molecule has 3 rings (SSSR count). The van der Waals surface area contributed by atoms with Crippen LogP contribution in [0.5, 0.6) is 0 Å². The molecule has 2 aromatic rings. The molecule has 0 saturated carbocycles. The van der Waals surface area contributed by atoms with E-state index >= 15 is 0 Å². The quantitative estimate of drug-likeness (QED) is 0.372. The molecule has 12 heteroatoms. The van der Waals surface area contributed by atoms with Crippen LogP contribution < -0.4 is 4.90 Å². The van der Waals surface area contributed by atoms with Gasteiger partial charge in [-0.2, -0.15) is 36.6 Å². The maximum Gasteiger partial charge on any atom is 0.0623 e. The minimum absolute atomic E-state index is 0. The fourth-order valence-electron chi connectivity index (χ4n) is 3.26. The maximum absolute atomic E-state index is 7.98. The van der Waals surface area contributed by atoms with Gasteiger partial charge >= 0.3 is 0 Å². The van der Waals surface area contributed by atoms with Crippen molar-refractivity contribution in [2.75, 3.05) is 4.90 Å². The van der Waals surface area contributed by atoms with Crippen molar-refractivity contribution in [3.63, 3.8) is 0 Å². The second-order valence-corrected chi connectivity index (χ2v) is 5.98. The van der Waals surface area contributed by atoms with Crippen LogP contribution in [0.3, 0.4) is 0 Å². The molecule has 0 amide bonds. The number of benzene rings is 2. The molecule has 1 nitrogen and oxygen atoms in total. The zero-order chi connectivity index (χ0) is 15.9. The third-order valence-electron chi connectivity index (χ3n) is 4.84. The van der Waals surface area contributed by atoms with Gasteiger partial charge in [0.05, 0.1) is 1.37 Å². The Labute approximate surface area is 475 Å². The SMILES string of the molecule is [3H]c1ccc2c(c1)N(c1ccc[c-]c1[C@H](C)[CH-]C)[C@@H](C)[C@H]2C.[Y].[Y].[Y].[Y].[Y].[Y].[Y].[Y].[Y].[Y].[Y]. The van der Waals surface area contributed by atoms with Crippen LogP contribution in [0.4, 0.5) is 11.4 Å². The Morgan fingerprint density at radius 1 is 0.844 bits per heavy atom. The topological polar surface area (TPSA) is 3.24 Å². The smallest absolute Gasteiger partial charge is 0.0623 e. The van der Waals surface area contributed by atoms with Gasteiger partial charge in [-0.15, -0.1) is 6.07 Å². The number of rotatable bonds is 3. The van der Waals surface area contributed by atoms with Gasteiger partial charge in [0.1, 0.15) is 0 Å². The van der Waals surface area contributed by atoms with Crippen molar-refractivity contribution >= 4 is 11.4 Å². The standard InChI is InChI=1S/C20H23N.11Y/c1-5-14(2)17-10-6-8-12-19(17)21-16(4)15(3)18-11-7-9-13-20(18)21;;;;;;;;;;;/h5-9,11-16H,1-4H3;;;;;;;;;;;/q-2;;;;;;;;;;;/t14-,15-,16+;;;;;;;;;;;/m1.........../s1/i9T;;;;;;;;;;;. The summed E-state index contributed by atoms with van der Waals surface area (Å²) in [6.07, 6.45) is 2.21. The average molecular weight is 1260 g/mol. The fourth-order valence-corrected chi connectivity index (χ4v) is 3.26. The van der Waals surface area contributed by atoms with Crippen molar-refractivity contribution < 1.29 is 361 Å². The molecule has 0 fully saturated rings. The number of hydrogen-bond donors (Lipinski definition) is 0. The molecular weight excluding hydrogens is 1230 g/mol. The first-order chi connectivity index (χ1) is 10.5. The molecule has 0 N–H and O–H groups in total. The summed E-state index contributed by atoms with van der Waals surface area (Å²) >= 11 is 0. The minimum atomic E-state index is 0. The summed E-state index contributed by atoms with van der Waals surface area (Å²) in [6.45, 7) is 8.85. The van der Waals surface area contributed by atoms with Crippen molar-refractivity contribution in [3.05, 3.63) is 66.1 Å². The monoisotopic (exact) mass is 1260 g/mol. The van der Waals surface area contributed by atoms with E-state index in [0.717, 1.165) is 0 Å². The number of anilines is 2. The molecular formula is C20H23NY11-2. The molecule has 0 spiro atoms. The molecule has 0 bridgehead atoms. The predicted molar refractivity (Wildman–Crippen MR) is 90.1 cm³/mol. The van der Waals surface area contributed by atoms with Crippen LogP contribution in [0.15, 0.2) is 42.4 Å². The first-order valence-corrected chi connectivity index (χ1v) is 7.74. The summed E-state index contributed by atoms with van der Waals surface area (Å²) in [7, 11) is 0. The molecule has 143 valence electrons. The van der Waals surface area contributed by atoms with E-state index in [1.807, 2.05) is 18.2 Å². The molecule has 1 aliphatic rings. The number of nitrogens with zero attached hydrogens (tertiary/aromatic N) is 1. The molecule has 32 heavy (non-hydrogen) atoms. The van der Waals surface area contributed by atoms with Gasteiger partial charge in [-0.05, 0) is 18.6 Å².